The molecule has 0 saturated carbocycles. The van der Waals surface area contributed by atoms with Crippen LogP contribution in [0.3, 0.4) is 0 Å². The number of nitrogens with zero attached hydrogens (tertiary/aromatic N) is 1. The molecule has 3 aromatic carbocycles. The second kappa shape index (κ2) is 14.4. The lowest BCUT2D eigenvalue weighted by molar-refractivity contribution is -0.146. The number of amides is 2. The highest BCUT2D eigenvalue weighted by molar-refractivity contribution is 5.94. The van der Waals surface area contributed by atoms with Crippen molar-refractivity contribution in [1.29, 1.82) is 0 Å². The Labute approximate surface area is 246 Å². The van der Waals surface area contributed by atoms with Crippen molar-refractivity contribution in [3.05, 3.63) is 94.8 Å². The van der Waals surface area contributed by atoms with E-state index in [0.29, 0.717) is 41.8 Å². The van der Waals surface area contributed by atoms with E-state index in [9.17, 15) is 14.7 Å². The van der Waals surface area contributed by atoms with Gasteiger partial charge in [-0.2, -0.15) is 0 Å². The molecular weight excluding hydrogens is 537 g/mol. The number of hydrogen-bond donors (Lipinski definition) is 3. The molecule has 4 rings (SSSR count). The molecule has 42 heavy (non-hydrogen) atoms. The third-order valence-corrected chi connectivity index (χ3v) is 7.76. The standard InChI is InChI=1S/C33H40FN3O5/c1-4-23-8-5-9-26(20-23)30-27(10-6-11-28(30)34)33(40,16-7-17-36-32(39)41-3)29-22-37(18-19-42-29)31(38)25-14-12-24(13-15-25)21-35-2/h5-6,8-15,20,29,35,40H,4,7,16-19,21-22H2,1-3H3,(H,36,39)/t29-,33?/m1/s1. The molecule has 2 amide bonds. The summed E-state index contributed by atoms with van der Waals surface area (Å²) in [7, 11) is 3.15. The maximum atomic E-state index is 15.6. The SMILES string of the molecule is CCc1cccc(-c2c(F)cccc2C(O)(CCCNC(=O)OC)[C@H]2CN(C(=O)c3ccc(CNC)cc3)CCO2)c1. The molecule has 9 heteroatoms. The van der Waals surface area contributed by atoms with Gasteiger partial charge in [0, 0.05) is 30.8 Å². The van der Waals surface area contributed by atoms with E-state index < -0.39 is 23.6 Å². The number of halogens is 1. The minimum absolute atomic E-state index is 0.114. The monoisotopic (exact) mass is 577 g/mol. The highest BCUT2D eigenvalue weighted by atomic mass is 19.1. The molecule has 0 aliphatic carbocycles. The number of hydrogen-bond acceptors (Lipinski definition) is 6. The number of methoxy groups -OCH3 is 1. The summed E-state index contributed by atoms with van der Waals surface area (Å²) in [4.78, 5) is 26.8. The number of aryl methyl sites for hydroxylation is 1. The van der Waals surface area contributed by atoms with Crippen molar-refractivity contribution in [2.45, 2.75) is 44.4 Å². The Balaban J connectivity index is 1.69. The van der Waals surface area contributed by atoms with Gasteiger partial charge in [-0.15, -0.1) is 0 Å². The predicted octanol–water partition coefficient (Wildman–Crippen LogP) is 4.64. The topological polar surface area (TPSA) is 100 Å². The zero-order valence-electron chi connectivity index (χ0n) is 24.5. The summed E-state index contributed by atoms with van der Waals surface area (Å²) in [5, 5.41) is 18.2. The minimum atomic E-state index is -1.67. The first-order valence-corrected chi connectivity index (χ1v) is 14.4. The predicted molar refractivity (Wildman–Crippen MR) is 160 cm³/mol. The third kappa shape index (κ3) is 7.15. The van der Waals surface area contributed by atoms with Crippen LogP contribution in [0.2, 0.25) is 0 Å². The molecule has 3 N–H and O–H groups in total. The summed E-state index contributed by atoms with van der Waals surface area (Å²) in [5.41, 5.74) is 2.30. The van der Waals surface area contributed by atoms with Crippen molar-refractivity contribution in [2.75, 3.05) is 40.4 Å². The van der Waals surface area contributed by atoms with Gasteiger partial charge in [0.05, 0.1) is 20.3 Å². The van der Waals surface area contributed by atoms with E-state index in [2.05, 4.69) is 15.4 Å². The molecular formula is C33H40FN3O5. The summed E-state index contributed by atoms with van der Waals surface area (Å²) in [6, 6.07) is 19.7. The largest absolute Gasteiger partial charge is 0.453 e. The van der Waals surface area contributed by atoms with Crippen molar-refractivity contribution in [1.82, 2.24) is 15.5 Å². The molecule has 1 fully saturated rings. The fourth-order valence-corrected chi connectivity index (χ4v) is 5.49. The molecule has 0 radical (unpaired) electrons. The summed E-state index contributed by atoms with van der Waals surface area (Å²) in [6.45, 7) is 3.65. The van der Waals surface area contributed by atoms with Gasteiger partial charge < -0.3 is 30.1 Å². The number of aliphatic hydroxyl groups is 1. The minimum Gasteiger partial charge on any atom is -0.453 e. The second-order valence-corrected chi connectivity index (χ2v) is 10.5. The van der Waals surface area contributed by atoms with Crippen LogP contribution in [-0.4, -0.2) is 68.5 Å². The molecule has 2 atom stereocenters. The van der Waals surface area contributed by atoms with E-state index in [1.54, 1.807) is 29.2 Å². The molecule has 0 aromatic heterocycles. The van der Waals surface area contributed by atoms with Gasteiger partial charge in [0.1, 0.15) is 17.5 Å². The molecule has 1 unspecified atom stereocenters. The lowest BCUT2D eigenvalue weighted by Gasteiger charge is -2.43. The molecule has 224 valence electrons. The van der Waals surface area contributed by atoms with Crippen molar-refractivity contribution in [3.63, 3.8) is 0 Å². The van der Waals surface area contributed by atoms with Crippen LogP contribution in [0.5, 0.6) is 0 Å². The van der Waals surface area contributed by atoms with Crippen LogP contribution in [0, 0.1) is 5.82 Å². The Kier molecular flexibility index (Phi) is 10.7. The first kappa shape index (κ1) is 31.2. The van der Waals surface area contributed by atoms with Crippen molar-refractivity contribution >= 4 is 12.0 Å². The number of ether oxygens (including phenoxy) is 2. The van der Waals surface area contributed by atoms with Crippen molar-refractivity contribution in [3.8, 4) is 11.1 Å². The first-order valence-electron chi connectivity index (χ1n) is 14.4. The van der Waals surface area contributed by atoms with E-state index in [1.807, 2.05) is 50.4 Å². The average molecular weight is 578 g/mol. The van der Waals surface area contributed by atoms with Gasteiger partial charge in [-0.1, -0.05) is 55.5 Å². The van der Waals surface area contributed by atoms with Gasteiger partial charge in [0.25, 0.3) is 5.91 Å². The number of benzene rings is 3. The highest BCUT2D eigenvalue weighted by Crippen LogP contribution is 2.41. The second-order valence-electron chi connectivity index (χ2n) is 10.5. The van der Waals surface area contributed by atoms with Crippen molar-refractivity contribution in [2.24, 2.45) is 0 Å². The van der Waals surface area contributed by atoms with Crippen LogP contribution in [0.1, 0.15) is 46.8 Å². The molecule has 8 nitrogen and oxygen atoms in total. The lowest BCUT2D eigenvalue weighted by Crippen LogP contribution is -2.54. The summed E-state index contributed by atoms with van der Waals surface area (Å²) in [6.07, 6.45) is -0.136. The molecule has 0 bridgehead atoms. The van der Waals surface area contributed by atoms with E-state index >= 15 is 4.39 Å². The van der Waals surface area contributed by atoms with Crippen LogP contribution in [0.25, 0.3) is 11.1 Å². The number of rotatable bonds is 11. The zero-order valence-corrected chi connectivity index (χ0v) is 24.5. The molecule has 1 aliphatic rings. The Morgan fingerprint density at radius 3 is 2.60 bits per heavy atom. The number of morpholine rings is 1. The van der Waals surface area contributed by atoms with Gasteiger partial charge in [-0.25, -0.2) is 9.18 Å². The van der Waals surface area contributed by atoms with Crippen LogP contribution in [0.4, 0.5) is 9.18 Å². The highest BCUT2D eigenvalue weighted by Gasteiger charge is 2.44. The summed E-state index contributed by atoms with van der Waals surface area (Å²) >= 11 is 0. The first-order chi connectivity index (χ1) is 20.3. The number of nitrogens with one attached hydrogen (secondary N) is 2. The van der Waals surface area contributed by atoms with Crippen molar-refractivity contribution < 1.29 is 28.6 Å². The lowest BCUT2D eigenvalue weighted by atomic mass is 9.79. The average Bonchev–Trinajstić information content (AvgIpc) is 3.03. The van der Waals surface area contributed by atoms with Gasteiger partial charge in [-0.05, 0) is 66.8 Å². The zero-order chi connectivity index (χ0) is 30.1. The van der Waals surface area contributed by atoms with Gasteiger partial charge in [0.15, 0.2) is 0 Å². The Bertz CT molecular complexity index is 1370. The fraction of sp³-hybridized carbons (Fsp3) is 0.394. The molecule has 1 saturated heterocycles. The Morgan fingerprint density at radius 1 is 1.12 bits per heavy atom. The van der Waals surface area contributed by atoms with E-state index in [-0.39, 0.29) is 32.0 Å². The maximum Gasteiger partial charge on any atom is 0.406 e. The van der Waals surface area contributed by atoms with Gasteiger partial charge in [-0.3, -0.25) is 4.79 Å². The molecule has 3 aromatic rings. The quantitative estimate of drug-likeness (QED) is 0.287. The van der Waals surface area contributed by atoms with E-state index in [0.717, 1.165) is 17.5 Å². The molecule has 1 heterocycles. The fourth-order valence-electron chi connectivity index (χ4n) is 5.49. The van der Waals surface area contributed by atoms with Crippen LogP contribution in [0.15, 0.2) is 66.7 Å². The molecule has 1 aliphatic heterocycles. The number of carbonyl (C=O) groups excluding carboxylic acids is 2. The maximum absolute atomic E-state index is 15.6. The van der Waals surface area contributed by atoms with Gasteiger partial charge in [0.2, 0.25) is 0 Å². The molecule has 0 spiro atoms. The van der Waals surface area contributed by atoms with E-state index in [4.69, 9.17) is 4.74 Å². The summed E-state index contributed by atoms with van der Waals surface area (Å²) < 4.78 is 26.4. The smallest absolute Gasteiger partial charge is 0.406 e. The van der Waals surface area contributed by atoms with E-state index in [1.165, 1.54) is 13.2 Å². The van der Waals surface area contributed by atoms with Gasteiger partial charge >= 0.3 is 6.09 Å². The number of alkyl carbamates (subject to hydrolysis) is 1. The van der Waals surface area contributed by atoms with Crippen LogP contribution in [-0.2, 0) is 28.0 Å². The normalized spacial score (nSPS) is 16.5. The Morgan fingerprint density at radius 2 is 1.88 bits per heavy atom. The number of carbonyl (C=O) groups is 2. The van der Waals surface area contributed by atoms with Crippen LogP contribution < -0.4 is 10.6 Å². The Hall–Kier alpha value is -3.79. The third-order valence-electron chi connectivity index (χ3n) is 7.76. The summed E-state index contributed by atoms with van der Waals surface area (Å²) in [5.74, 6) is -0.624. The van der Waals surface area contributed by atoms with Crippen LogP contribution >= 0.6 is 0 Å².